The van der Waals surface area contributed by atoms with Crippen LogP contribution in [-0.2, 0) is 0 Å². The number of halogens is 1. The molecule has 84 valence electrons. The van der Waals surface area contributed by atoms with Crippen LogP contribution in [0.3, 0.4) is 0 Å². The van der Waals surface area contributed by atoms with Crippen molar-refractivity contribution in [1.29, 1.82) is 0 Å². The third-order valence-corrected chi connectivity index (χ3v) is 3.21. The zero-order valence-corrected chi connectivity index (χ0v) is 9.46. The lowest BCUT2D eigenvalue weighted by Gasteiger charge is -2.25. The Morgan fingerprint density at radius 3 is 3.06 bits per heavy atom. The van der Waals surface area contributed by atoms with Gasteiger partial charge < -0.3 is 10.3 Å². The molecule has 3 rings (SSSR count). The number of nitrogens with one attached hydrogen (secondary N) is 2. The van der Waals surface area contributed by atoms with E-state index in [0.717, 1.165) is 23.8 Å². The molecule has 1 aliphatic rings. The number of rotatable bonds is 3. The van der Waals surface area contributed by atoms with Gasteiger partial charge in [-0.2, -0.15) is 9.97 Å². The summed E-state index contributed by atoms with van der Waals surface area (Å²) >= 11 is 5.83. The van der Waals surface area contributed by atoms with E-state index in [1.807, 2.05) is 0 Å². The molecule has 1 saturated carbocycles. The van der Waals surface area contributed by atoms with E-state index in [9.17, 15) is 0 Å². The SMILES string of the molecule is Clc1nc(NCC2CCC2)c2[nH]cnc2n1. The van der Waals surface area contributed by atoms with Gasteiger partial charge in [0.25, 0.3) is 0 Å². The predicted molar refractivity (Wildman–Crippen MR) is 62.5 cm³/mol. The molecule has 0 aliphatic heterocycles. The smallest absolute Gasteiger partial charge is 0.226 e. The number of hydrogen-bond acceptors (Lipinski definition) is 4. The van der Waals surface area contributed by atoms with Crippen LogP contribution in [0.2, 0.25) is 5.28 Å². The molecule has 2 aromatic rings. The normalized spacial score (nSPS) is 16.3. The molecule has 0 bridgehead atoms. The Hall–Kier alpha value is -1.36. The highest BCUT2D eigenvalue weighted by molar-refractivity contribution is 6.28. The Morgan fingerprint density at radius 2 is 2.31 bits per heavy atom. The molecule has 2 heterocycles. The van der Waals surface area contributed by atoms with Crippen molar-refractivity contribution >= 4 is 28.6 Å². The maximum Gasteiger partial charge on any atom is 0.226 e. The van der Waals surface area contributed by atoms with Crippen LogP contribution < -0.4 is 5.32 Å². The van der Waals surface area contributed by atoms with Crippen LogP contribution in [0.15, 0.2) is 6.33 Å². The van der Waals surface area contributed by atoms with E-state index >= 15 is 0 Å². The molecule has 2 N–H and O–H groups in total. The minimum absolute atomic E-state index is 0.232. The number of fused-ring (bicyclic) bond motifs is 1. The van der Waals surface area contributed by atoms with Crippen molar-refractivity contribution in [3.63, 3.8) is 0 Å². The zero-order chi connectivity index (χ0) is 11.0. The maximum atomic E-state index is 5.83. The Balaban J connectivity index is 1.85. The van der Waals surface area contributed by atoms with Crippen molar-refractivity contribution in [3.05, 3.63) is 11.6 Å². The van der Waals surface area contributed by atoms with Crippen molar-refractivity contribution < 1.29 is 0 Å². The van der Waals surface area contributed by atoms with Crippen molar-refractivity contribution in [1.82, 2.24) is 19.9 Å². The monoisotopic (exact) mass is 237 g/mol. The Kier molecular flexibility index (Phi) is 2.40. The topological polar surface area (TPSA) is 66.5 Å². The number of aromatic amines is 1. The lowest BCUT2D eigenvalue weighted by atomic mass is 9.85. The number of anilines is 1. The summed E-state index contributed by atoms with van der Waals surface area (Å²) in [7, 11) is 0. The first-order valence-electron chi connectivity index (χ1n) is 5.43. The van der Waals surface area contributed by atoms with Crippen LogP contribution in [0.4, 0.5) is 5.82 Å². The van der Waals surface area contributed by atoms with Gasteiger partial charge in [-0.3, -0.25) is 0 Å². The number of hydrogen-bond donors (Lipinski definition) is 2. The molecule has 0 unspecified atom stereocenters. The van der Waals surface area contributed by atoms with Gasteiger partial charge in [0.2, 0.25) is 5.28 Å². The van der Waals surface area contributed by atoms with Gasteiger partial charge in [-0.1, -0.05) is 6.42 Å². The second-order valence-electron chi connectivity index (χ2n) is 4.12. The first-order chi connectivity index (χ1) is 7.83. The highest BCUT2D eigenvalue weighted by atomic mass is 35.5. The summed E-state index contributed by atoms with van der Waals surface area (Å²) < 4.78 is 0. The molecular formula is C10H12ClN5. The summed E-state index contributed by atoms with van der Waals surface area (Å²) in [6, 6.07) is 0. The van der Waals surface area contributed by atoms with Crippen LogP contribution in [0, 0.1) is 5.92 Å². The summed E-state index contributed by atoms with van der Waals surface area (Å²) in [5, 5.41) is 3.54. The molecule has 16 heavy (non-hydrogen) atoms. The standard InChI is InChI=1S/C10H12ClN5/c11-10-15-8(12-4-6-2-1-3-6)7-9(16-10)14-5-13-7/h5-6H,1-4H2,(H2,12,13,14,15,16). The fourth-order valence-corrected chi connectivity index (χ4v) is 2.04. The van der Waals surface area contributed by atoms with Crippen LogP contribution in [-0.4, -0.2) is 26.5 Å². The molecule has 0 aromatic carbocycles. The van der Waals surface area contributed by atoms with Gasteiger partial charge in [0.1, 0.15) is 5.52 Å². The molecule has 0 amide bonds. The molecule has 1 aliphatic carbocycles. The molecule has 2 aromatic heterocycles. The van der Waals surface area contributed by atoms with Crippen molar-refractivity contribution in [2.45, 2.75) is 19.3 Å². The lowest BCUT2D eigenvalue weighted by Crippen LogP contribution is -2.21. The molecule has 5 nitrogen and oxygen atoms in total. The van der Waals surface area contributed by atoms with Gasteiger partial charge in [0, 0.05) is 6.54 Å². The maximum absolute atomic E-state index is 5.83. The molecule has 6 heteroatoms. The van der Waals surface area contributed by atoms with Crippen LogP contribution in [0.1, 0.15) is 19.3 Å². The van der Waals surface area contributed by atoms with E-state index in [2.05, 4.69) is 25.3 Å². The number of aromatic nitrogens is 4. The second-order valence-corrected chi connectivity index (χ2v) is 4.46. The summed E-state index contributed by atoms with van der Waals surface area (Å²) in [5.74, 6) is 1.52. The Labute approximate surface area is 97.7 Å². The lowest BCUT2D eigenvalue weighted by molar-refractivity contribution is 0.333. The Bertz CT molecular complexity index is 505. The first-order valence-corrected chi connectivity index (χ1v) is 5.81. The van der Waals surface area contributed by atoms with Crippen LogP contribution >= 0.6 is 11.6 Å². The summed E-state index contributed by atoms with van der Waals surface area (Å²) in [6.45, 7) is 0.946. The minimum atomic E-state index is 0.232. The molecule has 0 saturated heterocycles. The van der Waals surface area contributed by atoms with Crippen molar-refractivity contribution in [2.75, 3.05) is 11.9 Å². The van der Waals surface area contributed by atoms with Crippen molar-refractivity contribution in [3.8, 4) is 0 Å². The predicted octanol–water partition coefficient (Wildman–Crippen LogP) is 2.22. The van der Waals surface area contributed by atoms with E-state index in [0.29, 0.717) is 5.65 Å². The van der Waals surface area contributed by atoms with E-state index in [1.165, 1.54) is 19.3 Å². The quantitative estimate of drug-likeness (QED) is 0.804. The number of nitrogens with zero attached hydrogens (tertiary/aromatic N) is 3. The second kappa shape index (κ2) is 3.90. The fourth-order valence-electron chi connectivity index (χ4n) is 1.87. The summed E-state index contributed by atoms with van der Waals surface area (Å²) in [6.07, 6.45) is 5.55. The third-order valence-electron chi connectivity index (χ3n) is 3.04. The van der Waals surface area contributed by atoms with E-state index in [1.54, 1.807) is 6.33 Å². The van der Waals surface area contributed by atoms with E-state index < -0.39 is 0 Å². The van der Waals surface area contributed by atoms with Crippen molar-refractivity contribution in [2.24, 2.45) is 5.92 Å². The third kappa shape index (κ3) is 1.71. The van der Waals surface area contributed by atoms with Gasteiger partial charge >= 0.3 is 0 Å². The van der Waals surface area contributed by atoms with Gasteiger partial charge in [0.05, 0.1) is 6.33 Å². The Morgan fingerprint density at radius 1 is 1.44 bits per heavy atom. The molecule has 0 radical (unpaired) electrons. The highest BCUT2D eigenvalue weighted by Gasteiger charge is 2.18. The molecule has 0 atom stereocenters. The molecule has 1 fully saturated rings. The molecular weight excluding hydrogens is 226 g/mol. The summed E-state index contributed by atoms with van der Waals surface area (Å²) in [4.78, 5) is 15.3. The van der Waals surface area contributed by atoms with E-state index in [4.69, 9.17) is 11.6 Å². The fraction of sp³-hybridized carbons (Fsp3) is 0.500. The average molecular weight is 238 g/mol. The van der Waals surface area contributed by atoms with Gasteiger partial charge in [-0.15, -0.1) is 0 Å². The first kappa shape index (κ1) is 9.84. The highest BCUT2D eigenvalue weighted by Crippen LogP contribution is 2.27. The van der Waals surface area contributed by atoms with E-state index in [-0.39, 0.29) is 5.28 Å². The van der Waals surface area contributed by atoms with Gasteiger partial charge in [-0.25, -0.2) is 4.98 Å². The molecule has 0 spiro atoms. The summed E-state index contributed by atoms with van der Waals surface area (Å²) in [5.41, 5.74) is 1.43. The zero-order valence-electron chi connectivity index (χ0n) is 8.70. The van der Waals surface area contributed by atoms with Crippen LogP contribution in [0.5, 0.6) is 0 Å². The minimum Gasteiger partial charge on any atom is -0.368 e. The average Bonchev–Trinajstić information content (AvgIpc) is 2.62. The van der Waals surface area contributed by atoms with Gasteiger partial charge in [0.15, 0.2) is 11.5 Å². The van der Waals surface area contributed by atoms with Gasteiger partial charge in [-0.05, 0) is 30.4 Å². The van der Waals surface area contributed by atoms with Crippen LogP contribution in [0.25, 0.3) is 11.2 Å². The largest absolute Gasteiger partial charge is 0.368 e. The number of H-pyrrole nitrogens is 1. The number of imidazole rings is 1.